The Bertz CT molecular complexity index is 212. The van der Waals surface area contributed by atoms with Crippen LogP contribution in [0.3, 0.4) is 0 Å². The molecule has 1 atom stereocenters. The lowest BCUT2D eigenvalue weighted by Crippen LogP contribution is -2.01. The Morgan fingerprint density at radius 2 is 0.864 bits per heavy atom. The molecule has 0 fully saturated rings. The Morgan fingerprint density at radius 1 is 0.545 bits per heavy atom. The highest BCUT2D eigenvalue weighted by Crippen LogP contribution is 2.17. The zero-order valence-corrected chi connectivity index (χ0v) is 15.5. The molecule has 1 heteroatoms. The first-order valence-electron chi connectivity index (χ1n) is 10.2. The fourth-order valence-corrected chi connectivity index (χ4v) is 3.13. The third kappa shape index (κ3) is 16.0. The molecule has 0 aromatic rings. The molecule has 22 heavy (non-hydrogen) atoms. The van der Waals surface area contributed by atoms with Gasteiger partial charge in [-0.05, 0) is 12.8 Å². The second kappa shape index (κ2) is 18.7. The van der Waals surface area contributed by atoms with Crippen LogP contribution in [0.2, 0.25) is 0 Å². The minimum Gasteiger partial charge on any atom is -0.291 e. The Hall–Kier alpha value is -0.330. The highest BCUT2D eigenvalue weighted by molar-refractivity contribution is 5.54. The molecule has 0 bridgehead atoms. The molecule has 0 spiro atoms. The standard InChI is InChI=1S/C21H41O/c1-3-5-7-8-9-10-11-12-13-14-15-17-19-21(20-22)18-16-6-4-2/h21H,3-19H2,1-2H3. The molecule has 0 saturated carbocycles. The zero-order chi connectivity index (χ0) is 16.3. The highest BCUT2D eigenvalue weighted by atomic mass is 16.1. The fourth-order valence-electron chi connectivity index (χ4n) is 3.13. The average Bonchev–Trinajstić information content (AvgIpc) is 2.54. The van der Waals surface area contributed by atoms with Gasteiger partial charge in [0.05, 0.1) is 0 Å². The predicted octanol–water partition coefficient (Wildman–Crippen LogP) is 7.38. The highest BCUT2D eigenvalue weighted by Gasteiger charge is 2.07. The second-order valence-corrected chi connectivity index (χ2v) is 6.99. The summed E-state index contributed by atoms with van der Waals surface area (Å²) in [5, 5.41) is 0. The predicted molar refractivity (Wildman–Crippen MR) is 99.0 cm³/mol. The van der Waals surface area contributed by atoms with E-state index in [2.05, 4.69) is 20.1 Å². The summed E-state index contributed by atoms with van der Waals surface area (Å²) in [5.74, 6) is 0.217. The molecule has 131 valence electrons. The summed E-state index contributed by atoms with van der Waals surface area (Å²) in [6.07, 6.45) is 24.7. The molecule has 0 saturated heterocycles. The van der Waals surface area contributed by atoms with E-state index in [1.54, 1.807) is 0 Å². The molecule has 0 aliphatic heterocycles. The molecule has 1 unspecified atom stereocenters. The molecule has 0 heterocycles. The van der Waals surface area contributed by atoms with Crippen molar-refractivity contribution >= 4 is 6.29 Å². The molecule has 0 amide bonds. The van der Waals surface area contributed by atoms with Gasteiger partial charge in [0.15, 0.2) is 0 Å². The number of carbonyl (C=O) groups excluding carboxylic acids is 1. The average molecular weight is 310 g/mol. The van der Waals surface area contributed by atoms with Crippen LogP contribution < -0.4 is 0 Å². The lowest BCUT2D eigenvalue weighted by atomic mass is 9.96. The van der Waals surface area contributed by atoms with Crippen molar-refractivity contribution in [2.45, 2.75) is 123 Å². The van der Waals surface area contributed by atoms with Crippen LogP contribution in [0.1, 0.15) is 123 Å². The molecular weight excluding hydrogens is 268 g/mol. The third-order valence-electron chi connectivity index (χ3n) is 4.73. The monoisotopic (exact) mass is 309 g/mol. The first-order valence-corrected chi connectivity index (χ1v) is 10.2. The van der Waals surface area contributed by atoms with E-state index in [9.17, 15) is 4.79 Å². The van der Waals surface area contributed by atoms with Gasteiger partial charge in [-0.25, -0.2) is 0 Å². The van der Waals surface area contributed by atoms with Gasteiger partial charge < -0.3 is 0 Å². The van der Waals surface area contributed by atoms with E-state index < -0.39 is 0 Å². The maximum atomic E-state index is 10.9. The van der Waals surface area contributed by atoms with Gasteiger partial charge in [-0.2, -0.15) is 0 Å². The Labute approximate surface area is 140 Å². The first kappa shape index (κ1) is 21.7. The van der Waals surface area contributed by atoms with Crippen molar-refractivity contribution in [2.24, 2.45) is 5.92 Å². The van der Waals surface area contributed by atoms with Gasteiger partial charge in [-0.1, -0.05) is 110 Å². The molecule has 0 aliphatic carbocycles. The molecule has 0 aliphatic rings. The second-order valence-electron chi connectivity index (χ2n) is 6.99. The molecular formula is C21H41O. The van der Waals surface area contributed by atoms with Crippen molar-refractivity contribution in [3.63, 3.8) is 0 Å². The van der Waals surface area contributed by atoms with Crippen molar-refractivity contribution in [3.05, 3.63) is 0 Å². The van der Waals surface area contributed by atoms with Gasteiger partial charge in [-0.15, -0.1) is 0 Å². The Kier molecular flexibility index (Phi) is 18.4. The largest absolute Gasteiger partial charge is 0.291 e. The van der Waals surface area contributed by atoms with Crippen LogP contribution in [0.5, 0.6) is 0 Å². The van der Waals surface area contributed by atoms with Crippen LogP contribution in [0.4, 0.5) is 0 Å². The van der Waals surface area contributed by atoms with Gasteiger partial charge in [0.1, 0.15) is 0 Å². The van der Waals surface area contributed by atoms with Gasteiger partial charge in [-0.3, -0.25) is 4.79 Å². The number of unbranched alkanes of at least 4 members (excludes halogenated alkanes) is 13. The zero-order valence-electron chi connectivity index (χ0n) is 15.5. The van der Waals surface area contributed by atoms with Crippen molar-refractivity contribution in [3.8, 4) is 0 Å². The molecule has 0 rings (SSSR count). The van der Waals surface area contributed by atoms with Crippen LogP contribution >= 0.6 is 0 Å². The molecule has 0 aromatic carbocycles. The van der Waals surface area contributed by atoms with Crippen molar-refractivity contribution < 1.29 is 4.79 Å². The minimum atomic E-state index is 0.217. The van der Waals surface area contributed by atoms with Gasteiger partial charge in [0, 0.05) is 5.92 Å². The summed E-state index contributed by atoms with van der Waals surface area (Å²) >= 11 is 0. The van der Waals surface area contributed by atoms with Crippen molar-refractivity contribution in [1.29, 1.82) is 0 Å². The van der Waals surface area contributed by atoms with Gasteiger partial charge in [0.25, 0.3) is 0 Å². The number of rotatable bonds is 18. The SMILES string of the molecule is CCCCCCCCCCCCCCC([C]=O)CCCCC. The van der Waals surface area contributed by atoms with E-state index in [1.807, 2.05) is 0 Å². The van der Waals surface area contributed by atoms with E-state index in [4.69, 9.17) is 0 Å². The van der Waals surface area contributed by atoms with E-state index in [0.29, 0.717) is 0 Å². The molecule has 0 N–H and O–H groups in total. The smallest absolute Gasteiger partial charge is 0.201 e. The summed E-state index contributed by atoms with van der Waals surface area (Å²) < 4.78 is 0. The van der Waals surface area contributed by atoms with Gasteiger partial charge in [0.2, 0.25) is 6.29 Å². The molecule has 0 aromatic heterocycles. The molecule has 1 radical (unpaired) electrons. The normalized spacial score (nSPS) is 12.5. The van der Waals surface area contributed by atoms with Crippen molar-refractivity contribution in [1.82, 2.24) is 0 Å². The Morgan fingerprint density at radius 3 is 1.27 bits per heavy atom. The van der Waals surface area contributed by atoms with E-state index >= 15 is 0 Å². The van der Waals surface area contributed by atoms with E-state index in [-0.39, 0.29) is 5.92 Å². The topological polar surface area (TPSA) is 17.1 Å². The van der Waals surface area contributed by atoms with Crippen LogP contribution in [0.25, 0.3) is 0 Å². The van der Waals surface area contributed by atoms with E-state index in [1.165, 1.54) is 96.3 Å². The first-order chi connectivity index (χ1) is 10.8. The summed E-state index contributed by atoms with van der Waals surface area (Å²) in [6.45, 7) is 4.49. The quantitative estimate of drug-likeness (QED) is 0.241. The third-order valence-corrected chi connectivity index (χ3v) is 4.73. The van der Waals surface area contributed by atoms with Crippen LogP contribution in [-0.2, 0) is 4.79 Å². The minimum absolute atomic E-state index is 0.217. The summed E-state index contributed by atoms with van der Waals surface area (Å²) in [4.78, 5) is 10.9. The maximum Gasteiger partial charge on any atom is 0.201 e. The van der Waals surface area contributed by atoms with E-state index in [0.717, 1.165) is 12.8 Å². The van der Waals surface area contributed by atoms with Gasteiger partial charge >= 0.3 is 0 Å². The fraction of sp³-hybridized carbons (Fsp3) is 0.952. The van der Waals surface area contributed by atoms with Crippen LogP contribution in [0, 0.1) is 5.92 Å². The number of hydrogen-bond acceptors (Lipinski definition) is 1. The lowest BCUT2D eigenvalue weighted by molar-refractivity contribution is 0.454. The summed E-state index contributed by atoms with van der Waals surface area (Å²) in [5.41, 5.74) is 0. The van der Waals surface area contributed by atoms with Crippen LogP contribution in [-0.4, -0.2) is 6.29 Å². The molecule has 1 nitrogen and oxygen atoms in total. The van der Waals surface area contributed by atoms with Crippen molar-refractivity contribution in [2.75, 3.05) is 0 Å². The Balaban J connectivity index is 3.19. The van der Waals surface area contributed by atoms with Crippen LogP contribution in [0.15, 0.2) is 0 Å². The maximum absolute atomic E-state index is 10.9. The number of hydrogen-bond donors (Lipinski definition) is 0. The lowest BCUT2D eigenvalue weighted by Gasteiger charge is -2.08. The summed E-state index contributed by atoms with van der Waals surface area (Å²) in [6, 6.07) is 0. The summed E-state index contributed by atoms with van der Waals surface area (Å²) in [7, 11) is 0.